The summed E-state index contributed by atoms with van der Waals surface area (Å²) in [6, 6.07) is 4.80. The molecule has 3 nitrogen and oxygen atoms in total. The molecular formula is C10H11BrF3NO2. The van der Waals surface area contributed by atoms with E-state index in [0.29, 0.717) is 15.9 Å². The molecule has 0 saturated carbocycles. The van der Waals surface area contributed by atoms with Crippen LogP contribution >= 0.6 is 15.9 Å². The van der Waals surface area contributed by atoms with Crippen molar-refractivity contribution in [1.82, 2.24) is 0 Å². The molecule has 1 unspecified atom stereocenters. The quantitative estimate of drug-likeness (QED) is 0.898. The number of hydrogen-bond donors (Lipinski definition) is 2. The molecule has 1 rings (SSSR count). The molecule has 7 heteroatoms. The Morgan fingerprint density at radius 3 is 2.59 bits per heavy atom. The van der Waals surface area contributed by atoms with E-state index in [4.69, 9.17) is 9.84 Å². The monoisotopic (exact) mass is 313 g/mol. The summed E-state index contributed by atoms with van der Waals surface area (Å²) in [4.78, 5) is 0. The Balaban J connectivity index is 2.66. The van der Waals surface area contributed by atoms with E-state index in [-0.39, 0.29) is 0 Å². The number of rotatable bonds is 4. The maximum absolute atomic E-state index is 12.1. The Bertz CT molecular complexity index is 384. The molecule has 17 heavy (non-hydrogen) atoms. The van der Waals surface area contributed by atoms with E-state index in [0.717, 1.165) is 0 Å². The van der Waals surface area contributed by atoms with Gasteiger partial charge in [-0.05, 0) is 12.1 Å². The topological polar surface area (TPSA) is 41.5 Å². The molecule has 1 aromatic rings. The van der Waals surface area contributed by atoms with Gasteiger partial charge in [0.25, 0.3) is 0 Å². The number of hydrogen-bond acceptors (Lipinski definition) is 3. The van der Waals surface area contributed by atoms with Crippen LogP contribution < -0.4 is 10.1 Å². The smallest absolute Gasteiger partial charge is 0.416 e. The highest BCUT2D eigenvalue weighted by molar-refractivity contribution is 9.10. The summed E-state index contributed by atoms with van der Waals surface area (Å²) in [5.41, 5.74) is 0.430. The van der Waals surface area contributed by atoms with Gasteiger partial charge in [-0.25, -0.2) is 0 Å². The van der Waals surface area contributed by atoms with Crippen molar-refractivity contribution in [2.75, 3.05) is 19.0 Å². The minimum absolute atomic E-state index is 0.430. The van der Waals surface area contributed by atoms with E-state index in [2.05, 4.69) is 21.2 Å². The number of halogens is 4. The Labute approximate surface area is 105 Å². The Morgan fingerprint density at radius 2 is 2.06 bits per heavy atom. The van der Waals surface area contributed by atoms with Gasteiger partial charge >= 0.3 is 6.18 Å². The molecule has 0 amide bonds. The summed E-state index contributed by atoms with van der Waals surface area (Å²) in [5, 5.41) is 11.3. The van der Waals surface area contributed by atoms with Gasteiger partial charge < -0.3 is 15.2 Å². The second kappa shape index (κ2) is 5.59. The summed E-state index contributed by atoms with van der Waals surface area (Å²) in [6.45, 7) is -0.608. The van der Waals surface area contributed by atoms with Gasteiger partial charge in [-0.1, -0.05) is 15.9 Å². The number of aliphatic hydroxyl groups is 1. The van der Waals surface area contributed by atoms with Crippen molar-refractivity contribution in [2.24, 2.45) is 0 Å². The fourth-order valence-electron chi connectivity index (χ4n) is 1.11. The fourth-order valence-corrected chi connectivity index (χ4v) is 1.59. The van der Waals surface area contributed by atoms with Gasteiger partial charge in [0.05, 0.1) is 7.11 Å². The SMILES string of the molecule is COc1cc(Br)cc(NCC(O)C(F)(F)F)c1. The van der Waals surface area contributed by atoms with Crippen LogP contribution in [0.15, 0.2) is 22.7 Å². The van der Waals surface area contributed by atoms with Crippen LogP contribution in [0.4, 0.5) is 18.9 Å². The van der Waals surface area contributed by atoms with Gasteiger partial charge in [0, 0.05) is 22.8 Å². The number of alkyl halides is 3. The van der Waals surface area contributed by atoms with Crippen LogP contribution in [0, 0.1) is 0 Å². The predicted octanol–water partition coefficient (Wildman–Crippen LogP) is 2.79. The first-order chi connectivity index (χ1) is 7.82. The van der Waals surface area contributed by atoms with Crippen molar-refractivity contribution in [3.05, 3.63) is 22.7 Å². The van der Waals surface area contributed by atoms with Crippen LogP contribution in [0.1, 0.15) is 0 Å². The van der Waals surface area contributed by atoms with Crippen molar-refractivity contribution in [2.45, 2.75) is 12.3 Å². The number of anilines is 1. The number of methoxy groups -OCH3 is 1. The molecule has 0 fully saturated rings. The molecule has 0 saturated heterocycles. The van der Waals surface area contributed by atoms with Crippen molar-refractivity contribution >= 4 is 21.6 Å². The zero-order valence-corrected chi connectivity index (χ0v) is 10.5. The Hall–Kier alpha value is -0.950. The molecule has 0 aliphatic heterocycles. The molecule has 96 valence electrons. The van der Waals surface area contributed by atoms with Gasteiger partial charge in [0.15, 0.2) is 6.10 Å². The zero-order chi connectivity index (χ0) is 13.1. The predicted molar refractivity (Wildman–Crippen MR) is 61.2 cm³/mol. The number of aliphatic hydroxyl groups excluding tert-OH is 1. The standard InChI is InChI=1S/C10H11BrF3NO2/c1-17-8-3-6(11)2-7(4-8)15-5-9(16)10(12,13)14/h2-4,9,15-16H,5H2,1H3. The molecule has 0 spiro atoms. The van der Waals surface area contributed by atoms with E-state index >= 15 is 0 Å². The van der Waals surface area contributed by atoms with Gasteiger partial charge in [-0.2, -0.15) is 13.2 Å². The van der Waals surface area contributed by atoms with E-state index in [1.54, 1.807) is 12.1 Å². The highest BCUT2D eigenvalue weighted by Crippen LogP contribution is 2.25. The zero-order valence-electron chi connectivity index (χ0n) is 8.88. The molecule has 1 aromatic carbocycles. The summed E-state index contributed by atoms with van der Waals surface area (Å²) >= 11 is 3.20. The van der Waals surface area contributed by atoms with Gasteiger partial charge in [-0.15, -0.1) is 0 Å². The third kappa shape index (κ3) is 4.43. The third-order valence-corrected chi connectivity index (χ3v) is 2.44. The first-order valence-corrected chi connectivity index (χ1v) is 5.45. The Morgan fingerprint density at radius 1 is 1.41 bits per heavy atom. The highest BCUT2D eigenvalue weighted by Gasteiger charge is 2.37. The van der Waals surface area contributed by atoms with Crippen LogP contribution in [-0.4, -0.2) is 31.0 Å². The molecule has 0 aliphatic rings. The minimum Gasteiger partial charge on any atom is -0.497 e. The molecule has 0 heterocycles. The highest BCUT2D eigenvalue weighted by atomic mass is 79.9. The third-order valence-electron chi connectivity index (χ3n) is 1.98. The van der Waals surface area contributed by atoms with E-state index in [9.17, 15) is 13.2 Å². The Kier molecular flexibility index (Phi) is 4.64. The van der Waals surface area contributed by atoms with Gasteiger partial charge in [-0.3, -0.25) is 0 Å². The molecule has 0 bridgehead atoms. The molecule has 0 radical (unpaired) electrons. The fraction of sp³-hybridized carbons (Fsp3) is 0.400. The van der Waals surface area contributed by atoms with Gasteiger partial charge in [0.1, 0.15) is 5.75 Å². The van der Waals surface area contributed by atoms with Crippen LogP contribution in [0.25, 0.3) is 0 Å². The van der Waals surface area contributed by atoms with E-state index in [1.165, 1.54) is 13.2 Å². The van der Waals surface area contributed by atoms with Crippen LogP contribution in [0.3, 0.4) is 0 Å². The van der Waals surface area contributed by atoms with Crippen molar-refractivity contribution in [3.8, 4) is 5.75 Å². The number of benzene rings is 1. The molecule has 2 N–H and O–H groups in total. The first kappa shape index (κ1) is 14.1. The maximum Gasteiger partial charge on any atom is 0.416 e. The second-order valence-electron chi connectivity index (χ2n) is 3.32. The first-order valence-electron chi connectivity index (χ1n) is 4.66. The summed E-state index contributed by atoms with van der Waals surface area (Å²) < 4.78 is 41.8. The van der Waals surface area contributed by atoms with Crippen molar-refractivity contribution in [1.29, 1.82) is 0 Å². The average molecular weight is 314 g/mol. The normalized spacial score (nSPS) is 13.3. The number of nitrogens with one attached hydrogen (secondary N) is 1. The lowest BCUT2D eigenvalue weighted by atomic mass is 10.2. The maximum atomic E-state index is 12.1. The minimum atomic E-state index is -4.62. The van der Waals surface area contributed by atoms with Crippen molar-refractivity contribution in [3.63, 3.8) is 0 Å². The van der Waals surface area contributed by atoms with E-state index < -0.39 is 18.8 Å². The second-order valence-corrected chi connectivity index (χ2v) is 4.23. The van der Waals surface area contributed by atoms with Crippen LogP contribution in [0.2, 0.25) is 0 Å². The summed E-state index contributed by atoms with van der Waals surface area (Å²) in [7, 11) is 1.45. The van der Waals surface area contributed by atoms with Crippen LogP contribution in [-0.2, 0) is 0 Å². The molecule has 0 aromatic heterocycles. The summed E-state index contributed by atoms with van der Waals surface area (Å²) in [5.74, 6) is 0.503. The lowest BCUT2D eigenvalue weighted by molar-refractivity contribution is -0.198. The lowest BCUT2D eigenvalue weighted by Gasteiger charge is -2.16. The van der Waals surface area contributed by atoms with E-state index in [1.807, 2.05) is 0 Å². The van der Waals surface area contributed by atoms with Crippen LogP contribution in [0.5, 0.6) is 5.75 Å². The lowest BCUT2D eigenvalue weighted by Crippen LogP contribution is -2.34. The molecular weight excluding hydrogens is 303 g/mol. The summed E-state index contributed by atoms with van der Waals surface area (Å²) in [6.07, 6.45) is -7.02. The molecule has 1 atom stereocenters. The molecule has 0 aliphatic carbocycles. The van der Waals surface area contributed by atoms with Crippen molar-refractivity contribution < 1.29 is 23.0 Å². The largest absolute Gasteiger partial charge is 0.497 e. The average Bonchev–Trinajstić information content (AvgIpc) is 2.23. The van der Waals surface area contributed by atoms with Gasteiger partial charge in [0.2, 0.25) is 0 Å². The number of ether oxygens (including phenoxy) is 1.